The number of nitrogens with two attached hydrogens (primary N) is 1. The quantitative estimate of drug-likeness (QED) is 0.479. The zero-order valence-corrected chi connectivity index (χ0v) is 17.7. The first-order chi connectivity index (χ1) is 9.86. The minimum absolute atomic E-state index is 0.141. The summed E-state index contributed by atoms with van der Waals surface area (Å²) in [5.74, 6) is 1.82. The highest BCUT2D eigenvalue weighted by atomic mass is 127. The average Bonchev–Trinajstić information content (AvgIpc) is 2.37. The highest BCUT2D eigenvalue weighted by molar-refractivity contribution is 14.1. The van der Waals surface area contributed by atoms with Gasteiger partial charge in [-0.15, -0.1) is 0 Å². The van der Waals surface area contributed by atoms with Crippen LogP contribution >= 0.6 is 67.8 Å². The summed E-state index contributed by atoms with van der Waals surface area (Å²) in [6.45, 7) is 2.00. The first-order valence-electron chi connectivity index (χ1n) is 6.26. The molecule has 3 nitrogen and oxygen atoms in total. The second-order valence-electron chi connectivity index (χ2n) is 4.79. The smallest absolute Gasteiger partial charge is 0.154 e. The fraction of sp³-hybridized carbons (Fsp3) is 0.200. The van der Waals surface area contributed by atoms with E-state index in [9.17, 15) is 5.11 Å². The van der Waals surface area contributed by atoms with Gasteiger partial charge in [-0.1, -0.05) is 0 Å². The molecule has 0 heterocycles. The van der Waals surface area contributed by atoms with Crippen molar-refractivity contribution < 1.29 is 9.84 Å². The second-order valence-corrected chi connectivity index (χ2v) is 8.27. The summed E-state index contributed by atoms with van der Waals surface area (Å²) in [6.07, 6.45) is 0.851. The van der Waals surface area contributed by atoms with Crippen LogP contribution in [-0.2, 0) is 6.42 Å². The van der Waals surface area contributed by atoms with Crippen LogP contribution in [0.3, 0.4) is 0 Å². The van der Waals surface area contributed by atoms with Gasteiger partial charge < -0.3 is 15.6 Å². The van der Waals surface area contributed by atoms with Gasteiger partial charge in [0.15, 0.2) is 5.75 Å². The van der Waals surface area contributed by atoms with Gasteiger partial charge in [0.1, 0.15) is 11.5 Å². The standard InChI is InChI=1S/C15H14I3NO2/c1-8(19)4-9-5-12(17)15(13(18)6-9)21-10-2-3-14(20)11(16)7-10/h2-3,5-8,20H,4,19H2,1H3/t8-/m0/s1. The van der Waals surface area contributed by atoms with Gasteiger partial charge in [0.2, 0.25) is 0 Å². The number of aromatic hydroxyl groups is 1. The van der Waals surface area contributed by atoms with E-state index in [2.05, 4.69) is 79.9 Å². The van der Waals surface area contributed by atoms with Gasteiger partial charge in [0.05, 0.1) is 10.7 Å². The molecule has 112 valence electrons. The summed E-state index contributed by atoms with van der Waals surface area (Å²) >= 11 is 6.64. The van der Waals surface area contributed by atoms with Gasteiger partial charge in [0, 0.05) is 6.04 Å². The first kappa shape index (κ1) is 17.5. The monoisotopic (exact) mass is 621 g/mol. The molecular formula is C15H14I3NO2. The van der Waals surface area contributed by atoms with E-state index in [1.165, 1.54) is 5.56 Å². The van der Waals surface area contributed by atoms with Gasteiger partial charge in [-0.25, -0.2) is 0 Å². The number of phenolic OH excluding ortho intramolecular Hbond substituents is 1. The molecule has 0 fully saturated rings. The van der Waals surface area contributed by atoms with E-state index in [0.717, 1.165) is 22.9 Å². The summed E-state index contributed by atoms with van der Waals surface area (Å²) in [4.78, 5) is 0. The fourth-order valence-electron chi connectivity index (χ4n) is 1.87. The maximum Gasteiger partial charge on any atom is 0.154 e. The molecule has 6 heteroatoms. The Morgan fingerprint density at radius 3 is 2.24 bits per heavy atom. The largest absolute Gasteiger partial charge is 0.507 e. The minimum Gasteiger partial charge on any atom is -0.507 e. The van der Waals surface area contributed by atoms with Crippen LogP contribution in [0.1, 0.15) is 12.5 Å². The Bertz CT molecular complexity index is 636. The van der Waals surface area contributed by atoms with Crippen LogP contribution in [0.15, 0.2) is 30.3 Å². The molecule has 0 aromatic heterocycles. The number of rotatable bonds is 4. The molecule has 0 aliphatic heterocycles. The Labute approximate surface area is 165 Å². The molecule has 2 rings (SSSR count). The van der Waals surface area contributed by atoms with Crippen molar-refractivity contribution in [1.29, 1.82) is 0 Å². The Morgan fingerprint density at radius 1 is 1.10 bits per heavy atom. The number of hydrogen-bond donors (Lipinski definition) is 2. The summed E-state index contributed by atoms with van der Waals surface area (Å²) in [7, 11) is 0. The van der Waals surface area contributed by atoms with Gasteiger partial charge in [0.25, 0.3) is 0 Å². The molecule has 3 N–H and O–H groups in total. The van der Waals surface area contributed by atoms with E-state index in [0.29, 0.717) is 5.75 Å². The van der Waals surface area contributed by atoms with Crippen molar-refractivity contribution >= 4 is 67.8 Å². The molecule has 0 radical (unpaired) electrons. The zero-order valence-electron chi connectivity index (χ0n) is 11.2. The third-order valence-electron chi connectivity index (χ3n) is 2.75. The van der Waals surface area contributed by atoms with Crippen molar-refractivity contribution in [1.82, 2.24) is 0 Å². The summed E-state index contributed by atoms with van der Waals surface area (Å²) in [6, 6.07) is 9.57. The molecule has 0 saturated carbocycles. The summed E-state index contributed by atoms with van der Waals surface area (Å²) in [5.41, 5.74) is 7.07. The molecule has 1 atom stereocenters. The number of benzene rings is 2. The van der Waals surface area contributed by atoms with Crippen LogP contribution < -0.4 is 10.5 Å². The van der Waals surface area contributed by atoms with E-state index >= 15 is 0 Å². The van der Waals surface area contributed by atoms with Crippen LogP contribution in [-0.4, -0.2) is 11.1 Å². The molecule has 2 aromatic rings. The van der Waals surface area contributed by atoms with Crippen molar-refractivity contribution in [2.75, 3.05) is 0 Å². The Hall–Kier alpha value is 0.190. The number of halogens is 3. The van der Waals surface area contributed by atoms with Crippen molar-refractivity contribution in [2.45, 2.75) is 19.4 Å². The van der Waals surface area contributed by atoms with Crippen molar-refractivity contribution in [2.24, 2.45) is 5.73 Å². The van der Waals surface area contributed by atoms with E-state index in [1.54, 1.807) is 12.1 Å². The van der Waals surface area contributed by atoms with Crippen LogP contribution in [0.25, 0.3) is 0 Å². The molecule has 0 unspecified atom stereocenters. The molecule has 0 bridgehead atoms. The minimum atomic E-state index is 0.141. The highest BCUT2D eigenvalue weighted by Gasteiger charge is 2.12. The lowest BCUT2D eigenvalue weighted by Crippen LogP contribution is -2.17. The highest BCUT2D eigenvalue weighted by Crippen LogP contribution is 2.34. The third-order valence-corrected chi connectivity index (χ3v) is 5.22. The first-order valence-corrected chi connectivity index (χ1v) is 9.50. The van der Waals surface area contributed by atoms with Gasteiger partial charge >= 0.3 is 0 Å². The molecule has 0 aliphatic rings. The zero-order chi connectivity index (χ0) is 15.6. The number of ether oxygens (including phenoxy) is 1. The summed E-state index contributed by atoms with van der Waals surface area (Å²) < 4.78 is 8.85. The maximum absolute atomic E-state index is 9.56. The van der Waals surface area contributed by atoms with Crippen LogP contribution in [0.5, 0.6) is 17.2 Å². The Morgan fingerprint density at radius 2 is 1.71 bits per heavy atom. The van der Waals surface area contributed by atoms with Gasteiger partial charge in [-0.05, 0) is 117 Å². The lowest BCUT2D eigenvalue weighted by molar-refractivity contribution is 0.458. The van der Waals surface area contributed by atoms with Crippen LogP contribution in [0.2, 0.25) is 0 Å². The van der Waals surface area contributed by atoms with Crippen LogP contribution in [0.4, 0.5) is 0 Å². The SMILES string of the molecule is C[C@H](N)Cc1cc(I)c(Oc2ccc(O)c(I)c2)c(I)c1. The van der Waals surface area contributed by atoms with Gasteiger partial charge in [-0.2, -0.15) is 0 Å². The predicted octanol–water partition coefficient (Wildman–Crippen LogP) is 4.89. The molecule has 2 aromatic carbocycles. The second kappa shape index (κ2) is 7.64. The van der Waals surface area contributed by atoms with E-state index in [4.69, 9.17) is 10.5 Å². The Kier molecular flexibility index (Phi) is 6.38. The summed E-state index contributed by atoms with van der Waals surface area (Å²) in [5, 5.41) is 9.56. The van der Waals surface area contributed by atoms with Crippen LogP contribution in [0, 0.1) is 10.7 Å². The number of hydrogen-bond acceptors (Lipinski definition) is 3. The molecule has 0 amide bonds. The van der Waals surface area contributed by atoms with Crippen molar-refractivity contribution in [3.63, 3.8) is 0 Å². The molecule has 21 heavy (non-hydrogen) atoms. The number of phenols is 1. The third kappa shape index (κ3) is 4.83. The average molecular weight is 621 g/mol. The van der Waals surface area contributed by atoms with E-state index < -0.39 is 0 Å². The molecular weight excluding hydrogens is 607 g/mol. The Balaban J connectivity index is 2.29. The topological polar surface area (TPSA) is 55.5 Å². The van der Waals surface area contributed by atoms with E-state index in [-0.39, 0.29) is 11.8 Å². The fourth-order valence-corrected chi connectivity index (χ4v) is 4.47. The molecule has 0 aliphatic carbocycles. The molecule has 0 saturated heterocycles. The molecule has 0 spiro atoms. The van der Waals surface area contributed by atoms with Crippen molar-refractivity contribution in [3.05, 3.63) is 46.6 Å². The predicted molar refractivity (Wildman–Crippen MR) is 110 cm³/mol. The van der Waals surface area contributed by atoms with E-state index in [1.807, 2.05) is 13.0 Å². The normalized spacial score (nSPS) is 12.2. The van der Waals surface area contributed by atoms with Crippen molar-refractivity contribution in [3.8, 4) is 17.2 Å². The lowest BCUT2D eigenvalue weighted by atomic mass is 10.1. The maximum atomic E-state index is 9.56. The lowest BCUT2D eigenvalue weighted by Gasteiger charge is -2.13. The van der Waals surface area contributed by atoms with Gasteiger partial charge in [-0.3, -0.25) is 0 Å².